The number of hydrogen-bond donors (Lipinski definition) is 0. The number of ether oxygens (including phenoxy) is 1. The molecule has 1 aromatic rings. The van der Waals surface area contributed by atoms with Crippen molar-refractivity contribution >= 4 is 21.9 Å². The number of carbonyl (C=O) groups excluding carboxylic acids is 1. The second-order valence-corrected chi connectivity index (χ2v) is 5.24. The van der Waals surface area contributed by atoms with Gasteiger partial charge < -0.3 is 4.74 Å². The fourth-order valence-corrected chi connectivity index (χ4v) is 2.20. The molecule has 0 aliphatic carbocycles. The van der Waals surface area contributed by atoms with Crippen molar-refractivity contribution < 1.29 is 9.53 Å². The molecule has 0 amide bonds. The number of rotatable bonds is 8. The van der Waals surface area contributed by atoms with Crippen LogP contribution in [0.25, 0.3) is 0 Å². The van der Waals surface area contributed by atoms with E-state index in [2.05, 4.69) is 22.9 Å². The highest BCUT2D eigenvalue weighted by Crippen LogP contribution is 2.17. The van der Waals surface area contributed by atoms with Gasteiger partial charge >= 0.3 is 5.97 Å². The van der Waals surface area contributed by atoms with Crippen molar-refractivity contribution in [3.05, 3.63) is 34.3 Å². The zero-order chi connectivity index (χ0) is 13.2. The van der Waals surface area contributed by atoms with Gasteiger partial charge in [-0.25, -0.2) is 4.79 Å². The largest absolute Gasteiger partial charge is 0.462 e. The first kappa shape index (κ1) is 15.2. The second-order valence-electron chi connectivity index (χ2n) is 4.38. The maximum atomic E-state index is 11.7. The Hall–Kier alpha value is -0.830. The standard InChI is InChI=1S/C15H21BrO2/c1-2-3-4-5-6-9-12-18-15(17)13-10-7-8-11-14(13)16/h7-8,10-11H,2-6,9,12H2,1H3. The molecule has 1 aromatic carbocycles. The Morgan fingerprint density at radius 3 is 2.50 bits per heavy atom. The van der Waals surface area contributed by atoms with Crippen molar-refractivity contribution in [3.8, 4) is 0 Å². The number of halogens is 1. The molecule has 3 heteroatoms. The maximum absolute atomic E-state index is 11.7. The minimum Gasteiger partial charge on any atom is -0.462 e. The summed E-state index contributed by atoms with van der Waals surface area (Å²) in [5, 5.41) is 0. The van der Waals surface area contributed by atoms with Crippen LogP contribution in [0.2, 0.25) is 0 Å². The lowest BCUT2D eigenvalue weighted by Crippen LogP contribution is -2.07. The van der Waals surface area contributed by atoms with Crippen LogP contribution in [0.1, 0.15) is 55.8 Å². The number of benzene rings is 1. The first-order valence-corrected chi connectivity index (χ1v) is 7.46. The average molecular weight is 313 g/mol. The van der Waals surface area contributed by atoms with Crippen molar-refractivity contribution in [1.82, 2.24) is 0 Å². The van der Waals surface area contributed by atoms with Crippen LogP contribution < -0.4 is 0 Å². The van der Waals surface area contributed by atoms with Gasteiger partial charge in [-0.2, -0.15) is 0 Å². The molecule has 0 bridgehead atoms. The normalized spacial score (nSPS) is 10.3. The molecule has 0 saturated carbocycles. The van der Waals surface area contributed by atoms with Crippen molar-refractivity contribution in [2.24, 2.45) is 0 Å². The van der Waals surface area contributed by atoms with Gasteiger partial charge in [-0.3, -0.25) is 0 Å². The zero-order valence-corrected chi connectivity index (χ0v) is 12.5. The Bertz CT molecular complexity index is 363. The van der Waals surface area contributed by atoms with Crippen LogP contribution in [0, 0.1) is 0 Å². The lowest BCUT2D eigenvalue weighted by molar-refractivity contribution is 0.0496. The summed E-state index contributed by atoms with van der Waals surface area (Å²) in [6, 6.07) is 7.34. The van der Waals surface area contributed by atoms with E-state index in [4.69, 9.17) is 4.74 Å². The van der Waals surface area contributed by atoms with E-state index in [1.807, 2.05) is 18.2 Å². The number of esters is 1. The first-order valence-electron chi connectivity index (χ1n) is 6.67. The predicted molar refractivity (Wildman–Crippen MR) is 77.8 cm³/mol. The Kier molecular flexibility index (Phi) is 7.74. The Morgan fingerprint density at radius 2 is 1.78 bits per heavy atom. The van der Waals surface area contributed by atoms with Crippen LogP contribution in [0.5, 0.6) is 0 Å². The quantitative estimate of drug-likeness (QED) is 0.500. The fraction of sp³-hybridized carbons (Fsp3) is 0.533. The average Bonchev–Trinajstić information content (AvgIpc) is 2.38. The maximum Gasteiger partial charge on any atom is 0.339 e. The molecule has 0 unspecified atom stereocenters. The van der Waals surface area contributed by atoms with Gasteiger partial charge in [-0.1, -0.05) is 51.2 Å². The molecule has 0 radical (unpaired) electrons. The number of unbranched alkanes of at least 4 members (excludes halogenated alkanes) is 5. The van der Waals surface area contributed by atoms with Gasteiger partial charge in [0.25, 0.3) is 0 Å². The second kappa shape index (κ2) is 9.15. The van der Waals surface area contributed by atoms with Crippen LogP contribution in [0.3, 0.4) is 0 Å². The zero-order valence-electron chi connectivity index (χ0n) is 11.0. The highest BCUT2D eigenvalue weighted by atomic mass is 79.9. The molecule has 100 valence electrons. The minimum atomic E-state index is -0.240. The van der Waals surface area contributed by atoms with Gasteiger partial charge in [-0.15, -0.1) is 0 Å². The topological polar surface area (TPSA) is 26.3 Å². The molecular formula is C15H21BrO2. The lowest BCUT2D eigenvalue weighted by atomic mass is 10.1. The molecule has 0 heterocycles. The van der Waals surface area contributed by atoms with E-state index in [0.717, 1.165) is 17.3 Å². The summed E-state index contributed by atoms with van der Waals surface area (Å²) >= 11 is 3.35. The molecule has 0 fully saturated rings. The van der Waals surface area contributed by atoms with E-state index in [-0.39, 0.29) is 5.97 Å². The molecule has 1 rings (SSSR count). The summed E-state index contributed by atoms with van der Waals surface area (Å²) < 4.78 is 6.04. The molecule has 0 aromatic heterocycles. The van der Waals surface area contributed by atoms with Crippen LogP contribution >= 0.6 is 15.9 Å². The summed E-state index contributed by atoms with van der Waals surface area (Å²) in [6.45, 7) is 2.73. The fourth-order valence-electron chi connectivity index (χ4n) is 1.75. The van der Waals surface area contributed by atoms with Gasteiger partial charge in [0.05, 0.1) is 12.2 Å². The number of hydrogen-bond acceptors (Lipinski definition) is 2. The van der Waals surface area contributed by atoms with Gasteiger partial charge in [0.2, 0.25) is 0 Å². The first-order chi connectivity index (χ1) is 8.75. The minimum absolute atomic E-state index is 0.240. The van der Waals surface area contributed by atoms with E-state index in [1.54, 1.807) is 6.07 Å². The van der Waals surface area contributed by atoms with Crippen LogP contribution in [0.4, 0.5) is 0 Å². The SMILES string of the molecule is CCCCCCCCOC(=O)c1ccccc1Br. The molecule has 18 heavy (non-hydrogen) atoms. The third-order valence-electron chi connectivity index (χ3n) is 2.82. The molecule has 0 aliphatic heterocycles. The summed E-state index contributed by atoms with van der Waals surface area (Å²) in [4.78, 5) is 11.7. The molecule has 0 saturated heterocycles. The van der Waals surface area contributed by atoms with Crippen LogP contribution in [0.15, 0.2) is 28.7 Å². The van der Waals surface area contributed by atoms with Crippen molar-refractivity contribution in [2.75, 3.05) is 6.61 Å². The highest BCUT2D eigenvalue weighted by molar-refractivity contribution is 9.10. The van der Waals surface area contributed by atoms with Gasteiger partial charge in [0, 0.05) is 4.47 Å². The van der Waals surface area contributed by atoms with E-state index in [0.29, 0.717) is 12.2 Å². The molecular weight excluding hydrogens is 292 g/mol. The molecule has 0 aliphatic rings. The van der Waals surface area contributed by atoms with Gasteiger partial charge in [0.15, 0.2) is 0 Å². The van der Waals surface area contributed by atoms with Crippen molar-refractivity contribution in [3.63, 3.8) is 0 Å². The lowest BCUT2D eigenvalue weighted by Gasteiger charge is -2.06. The highest BCUT2D eigenvalue weighted by Gasteiger charge is 2.09. The van der Waals surface area contributed by atoms with E-state index in [9.17, 15) is 4.79 Å². The van der Waals surface area contributed by atoms with Crippen LogP contribution in [-0.2, 0) is 4.74 Å². The smallest absolute Gasteiger partial charge is 0.339 e. The third-order valence-corrected chi connectivity index (χ3v) is 3.52. The van der Waals surface area contributed by atoms with Gasteiger partial charge in [0.1, 0.15) is 0 Å². The monoisotopic (exact) mass is 312 g/mol. The summed E-state index contributed by atoms with van der Waals surface area (Å²) in [6.07, 6.45) is 7.19. The van der Waals surface area contributed by atoms with Crippen molar-refractivity contribution in [1.29, 1.82) is 0 Å². The molecule has 2 nitrogen and oxygen atoms in total. The van der Waals surface area contributed by atoms with Crippen LogP contribution in [-0.4, -0.2) is 12.6 Å². The molecule has 0 spiro atoms. The summed E-state index contributed by atoms with van der Waals surface area (Å²) in [5.41, 5.74) is 0.600. The Labute approximate surface area is 118 Å². The van der Waals surface area contributed by atoms with E-state index < -0.39 is 0 Å². The third kappa shape index (κ3) is 5.67. The Balaban J connectivity index is 2.16. The Morgan fingerprint density at radius 1 is 1.11 bits per heavy atom. The summed E-state index contributed by atoms with van der Waals surface area (Å²) in [7, 11) is 0. The molecule has 0 N–H and O–H groups in total. The van der Waals surface area contributed by atoms with E-state index in [1.165, 1.54) is 25.7 Å². The predicted octanol–water partition coefficient (Wildman–Crippen LogP) is 4.97. The van der Waals surface area contributed by atoms with Crippen molar-refractivity contribution in [2.45, 2.75) is 45.4 Å². The van der Waals surface area contributed by atoms with Gasteiger partial charge in [-0.05, 0) is 34.5 Å². The summed E-state index contributed by atoms with van der Waals surface area (Å²) in [5.74, 6) is -0.240. The molecule has 0 atom stereocenters. The number of carbonyl (C=O) groups is 1. The van der Waals surface area contributed by atoms with E-state index >= 15 is 0 Å².